The summed E-state index contributed by atoms with van der Waals surface area (Å²) in [4.78, 5) is 35.2. The van der Waals surface area contributed by atoms with Crippen molar-refractivity contribution in [1.82, 2.24) is 5.32 Å². The maximum Gasteiger partial charge on any atom is 0.326 e. The first-order chi connectivity index (χ1) is 10.7. The van der Waals surface area contributed by atoms with E-state index in [4.69, 9.17) is 5.11 Å². The number of carbonyl (C=O) groups is 3. The number of rotatable bonds is 8. The van der Waals surface area contributed by atoms with Crippen LogP contribution >= 0.6 is 0 Å². The first-order valence-electron chi connectivity index (χ1n) is 7.52. The van der Waals surface area contributed by atoms with Gasteiger partial charge in [-0.2, -0.15) is 0 Å². The van der Waals surface area contributed by atoms with Gasteiger partial charge in [0.15, 0.2) is 5.78 Å². The lowest BCUT2D eigenvalue weighted by Gasteiger charge is -2.17. The molecule has 6 heteroatoms. The highest BCUT2D eigenvalue weighted by atomic mass is 19.1. The van der Waals surface area contributed by atoms with E-state index < -0.39 is 29.7 Å². The van der Waals surface area contributed by atoms with Crippen molar-refractivity contribution in [1.29, 1.82) is 0 Å². The molecule has 1 amide bonds. The Hall–Kier alpha value is -2.24. The minimum Gasteiger partial charge on any atom is -0.480 e. The molecule has 126 valence electrons. The van der Waals surface area contributed by atoms with Crippen LogP contribution in [0.4, 0.5) is 4.39 Å². The lowest BCUT2D eigenvalue weighted by Crippen LogP contribution is -2.42. The Labute approximate surface area is 134 Å². The van der Waals surface area contributed by atoms with Gasteiger partial charge in [-0.3, -0.25) is 9.59 Å². The van der Waals surface area contributed by atoms with Crippen LogP contribution in [0, 0.1) is 17.7 Å². The number of amides is 1. The second-order valence-corrected chi connectivity index (χ2v) is 6.07. The van der Waals surface area contributed by atoms with Gasteiger partial charge in [-0.05, 0) is 24.5 Å². The van der Waals surface area contributed by atoms with Crippen molar-refractivity contribution in [3.8, 4) is 0 Å². The van der Waals surface area contributed by atoms with Gasteiger partial charge in [-0.1, -0.05) is 32.9 Å². The Kier molecular flexibility index (Phi) is 6.88. The van der Waals surface area contributed by atoms with Gasteiger partial charge in [0.1, 0.15) is 11.9 Å². The van der Waals surface area contributed by atoms with E-state index in [1.807, 2.05) is 13.8 Å². The van der Waals surface area contributed by atoms with Crippen LogP contribution in [0.15, 0.2) is 24.3 Å². The van der Waals surface area contributed by atoms with Crippen LogP contribution in [0.3, 0.4) is 0 Å². The molecular formula is C17H22FNO4. The van der Waals surface area contributed by atoms with Crippen molar-refractivity contribution in [3.63, 3.8) is 0 Å². The number of aliphatic carboxylic acids is 1. The maximum absolute atomic E-state index is 13.1. The predicted molar refractivity (Wildman–Crippen MR) is 83.5 cm³/mol. The third-order valence-electron chi connectivity index (χ3n) is 3.39. The van der Waals surface area contributed by atoms with E-state index in [1.165, 1.54) is 18.2 Å². The normalized spacial score (nSPS) is 13.4. The number of carboxylic acids is 1. The van der Waals surface area contributed by atoms with E-state index >= 15 is 0 Å². The number of carbonyl (C=O) groups excluding carboxylic acids is 2. The molecule has 5 nitrogen and oxygen atoms in total. The quantitative estimate of drug-likeness (QED) is 0.720. The Morgan fingerprint density at radius 1 is 1.22 bits per heavy atom. The van der Waals surface area contributed by atoms with Gasteiger partial charge in [0.2, 0.25) is 5.91 Å². The molecular weight excluding hydrogens is 301 g/mol. The van der Waals surface area contributed by atoms with Gasteiger partial charge < -0.3 is 10.4 Å². The van der Waals surface area contributed by atoms with Crippen LogP contribution in [0.2, 0.25) is 0 Å². The third-order valence-corrected chi connectivity index (χ3v) is 3.39. The predicted octanol–water partition coefficient (Wildman–Crippen LogP) is 2.65. The van der Waals surface area contributed by atoms with Crippen molar-refractivity contribution >= 4 is 17.7 Å². The summed E-state index contributed by atoms with van der Waals surface area (Å²) < 4.78 is 13.1. The van der Waals surface area contributed by atoms with Crippen molar-refractivity contribution in [2.24, 2.45) is 11.8 Å². The van der Waals surface area contributed by atoms with Crippen LogP contribution in [0.1, 0.15) is 44.0 Å². The van der Waals surface area contributed by atoms with E-state index in [0.29, 0.717) is 6.42 Å². The summed E-state index contributed by atoms with van der Waals surface area (Å²) in [5.74, 6) is -3.02. The lowest BCUT2D eigenvalue weighted by atomic mass is 9.95. The summed E-state index contributed by atoms with van der Waals surface area (Å²) >= 11 is 0. The Bertz CT molecular complexity index is 586. The lowest BCUT2D eigenvalue weighted by molar-refractivity contribution is -0.142. The standard InChI is InChI=1S/C17H22FNO4/c1-10(2)7-14(17(22)23)19-15(20)8-11(3)16(21)12-5-4-6-13(18)9-12/h4-6,9-11,14H,7-8H2,1-3H3,(H,19,20)(H,22,23)/t11?,14-/m1/s1. The Balaban J connectivity index is 2.65. The molecule has 0 aliphatic rings. The molecule has 23 heavy (non-hydrogen) atoms. The van der Waals surface area contributed by atoms with Gasteiger partial charge in [-0.25, -0.2) is 9.18 Å². The fourth-order valence-electron chi connectivity index (χ4n) is 2.24. The SMILES string of the molecule is CC(C)C[C@@H](NC(=O)CC(C)C(=O)c1cccc(F)c1)C(=O)O. The topological polar surface area (TPSA) is 83.5 Å². The van der Waals surface area contributed by atoms with Crippen molar-refractivity contribution in [2.45, 2.75) is 39.7 Å². The van der Waals surface area contributed by atoms with Crippen molar-refractivity contribution in [3.05, 3.63) is 35.6 Å². The van der Waals surface area contributed by atoms with Gasteiger partial charge in [0.05, 0.1) is 0 Å². The van der Waals surface area contributed by atoms with Crippen LogP contribution in [-0.2, 0) is 9.59 Å². The fourth-order valence-corrected chi connectivity index (χ4v) is 2.24. The van der Waals surface area contributed by atoms with Crippen LogP contribution in [0.5, 0.6) is 0 Å². The largest absolute Gasteiger partial charge is 0.480 e. The summed E-state index contributed by atoms with van der Waals surface area (Å²) in [7, 11) is 0. The molecule has 1 aromatic carbocycles. The molecule has 0 aliphatic heterocycles. The number of nitrogens with one attached hydrogen (secondary N) is 1. The van der Waals surface area contributed by atoms with Gasteiger partial charge >= 0.3 is 5.97 Å². The Morgan fingerprint density at radius 3 is 2.39 bits per heavy atom. The molecule has 1 unspecified atom stereocenters. The van der Waals surface area contributed by atoms with Crippen molar-refractivity contribution < 1.29 is 23.9 Å². The summed E-state index contributed by atoms with van der Waals surface area (Å²) in [5, 5.41) is 11.5. The molecule has 0 fully saturated rings. The van der Waals surface area contributed by atoms with Crippen LogP contribution in [0.25, 0.3) is 0 Å². The molecule has 0 aliphatic carbocycles. The molecule has 0 radical (unpaired) electrons. The molecule has 0 aromatic heterocycles. The molecule has 2 atom stereocenters. The van der Waals surface area contributed by atoms with E-state index in [2.05, 4.69) is 5.32 Å². The number of benzene rings is 1. The van der Waals surface area contributed by atoms with E-state index in [0.717, 1.165) is 6.07 Å². The number of halogens is 1. The maximum atomic E-state index is 13.1. The smallest absolute Gasteiger partial charge is 0.326 e. The molecule has 0 heterocycles. The van der Waals surface area contributed by atoms with E-state index in [1.54, 1.807) is 6.92 Å². The fraction of sp³-hybridized carbons (Fsp3) is 0.471. The number of hydrogen-bond donors (Lipinski definition) is 2. The first-order valence-corrected chi connectivity index (χ1v) is 7.52. The molecule has 1 rings (SSSR count). The molecule has 1 aromatic rings. The average Bonchev–Trinajstić information content (AvgIpc) is 2.45. The zero-order valence-electron chi connectivity index (χ0n) is 13.5. The van der Waals surface area contributed by atoms with Gasteiger partial charge in [0, 0.05) is 17.9 Å². The first kappa shape index (κ1) is 18.8. The summed E-state index contributed by atoms with van der Waals surface area (Å²) in [6, 6.07) is 4.29. The summed E-state index contributed by atoms with van der Waals surface area (Å²) in [6.07, 6.45) is 0.171. The highest BCUT2D eigenvalue weighted by Crippen LogP contribution is 2.14. The second-order valence-electron chi connectivity index (χ2n) is 6.07. The summed E-state index contributed by atoms with van der Waals surface area (Å²) in [5.41, 5.74) is 0.197. The second kappa shape index (κ2) is 8.41. The highest BCUT2D eigenvalue weighted by Gasteiger charge is 2.24. The van der Waals surface area contributed by atoms with Crippen LogP contribution in [-0.4, -0.2) is 28.8 Å². The van der Waals surface area contributed by atoms with E-state index in [9.17, 15) is 18.8 Å². The molecule has 2 N–H and O–H groups in total. The molecule has 0 bridgehead atoms. The Morgan fingerprint density at radius 2 is 1.87 bits per heavy atom. The van der Waals surface area contributed by atoms with Gasteiger partial charge in [-0.15, -0.1) is 0 Å². The minimum atomic E-state index is -1.10. The molecule has 0 spiro atoms. The van der Waals surface area contributed by atoms with E-state index in [-0.39, 0.29) is 23.7 Å². The summed E-state index contributed by atoms with van der Waals surface area (Å²) in [6.45, 7) is 5.28. The zero-order valence-corrected chi connectivity index (χ0v) is 13.5. The number of carboxylic acid groups (broad SMARTS) is 1. The van der Waals surface area contributed by atoms with Crippen LogP contribution < -0.4 is 5.32 Å². The average molecular weight is 323 g/mol. The number of hydrogen-bond acceptors (Lipinski definition) is 3. The number of Topliss-reactive ketones (excluding diaryl/α,β-unsaturated/α-hetero) is 1. The molecule has 0 saturated heterocycles. The number of ketones is 1. The third kappa shape index (κ3) is 6.18. The zero-order chi connectivity index (χ0) is 17.6. The minimum absolute atomic E-state index is 0.114. The highest BCUT2D eigenvalue weighted by molar-refractivity contribution is 5.99. The van der Waals surface area contributed by atoms with Gasteiger partial charge in [0.25, 0.3) is 0 Å². The van der Waals surface area contributed by atoms with Crippen molar-refractivity contribution in [2.75, 3.05) is 0 Å². The monoisotopic (exact) mass is 323 g/mol. The molecule has 0 saturated carbocycles.